The molecule has 1 aliphatic carbocycles. The summed E-state index contributed by atoms with van der Waals surface area (Å²) in [6.45, 7) is 1.81. The van der Waals surface area contributed by atoms with Crippen molar-refractivity contribution in [1.82, 2.24) is 4.90 Å². The molecule has 0 atom stereocenters. The van der Waals surface area contributed by atoms with Crippen molar-refractivity contribution in [2.75, 3.05) is 6.61 Å². The van der Waals surface area contributed by atoms with E-state index >= 15 is 0 Å². The number of nitrogens with zero attached hydrogens (tertiary/aromatic N) is 1. The Morgan fingerprint density at radius 3 is 2.50 bits per heavy atom. The molecule has 0 heterocycles. The van der Waals surface area contributed by atoms with Gasteiger partial charge in [-0.3, -0.25) is 9.59 Å². The molecule has 34 heavy (non-hydrogen) atoms. The van der Waals surface area contributed by atoms with Gasteiger partial charge in [0, 0.05) is 41.6 Å². The monoisotopic (exact) mass is 463 g/mol. The second-order valence-electron chi connectivity index (χ2n) is 8.90. The molecule has 2 aromatic carbocycles. The Kier molecular flexibility index (Phi) is 8.51. The Morgan fingerprint density at radius 1 is 1.12 bits per heavy atom. The van der Waals surface area contributed by atoms with E-state index in [2.05, 4.69) is 11.8 Å². The second-order valence-corrected chi connectivity index (χ2v) is 8.90. The summed E-state index contributed by atoms with van der Waals surface area (Å²) in [6, 6.07) is 13.5. The summed E-state index contributed by atoms with van der Waals surface area (Å²) in [5.41, 5.74) is 1.53. The maximum absolute atomic E-state index is 13.5. The summed E-state index contributed by atoms with van der Waals surface area (Å²) >= 11 is 0. The highest BCUT2D eigenvalue weighted by Gasteiger charge is 2.21. The van der Waals surface area contributed by atoms with E-state index in [1.54, 1.807) is 50.2 Å². The molecule has 1 fully saturated rings. The predicted molar refractivity (Wildman–Crippen MR) is 134 cm³/mol. The van der Waals surface area contributed by atoms with Gasteiger partial charge in [0.05, 0.1) is 9.35 Å². The minimum Gasteiger partial charge on any atom is -0.493 e. The first-order valence-electron chi connectivity index (χ1n) is 13.1. The molecule has 0 aliphatic heterocycles. The molecule has 1 saturated carbocycles. The van der Waals surface area contributed by atoms with Crippen LogP contribution in [0.15, 0.2) is 48.5 Å². The number of hydrogen-bond donors (Lipinski definition) is 1. The molecule has 2 aromatic rings. The van der Waals surface area contributed by atoms with Crippen LogP contribution in [0.4, 0.5) is 0 Å². The van der Waals surface area contributed by atoms with Crippen LogP contribution in [0.1, 0.15) is 83.0 Å². The third-order valence-electron chi connectivity index (χ3n) is 5.81. The largest absolute Gasteiger partial charge is 0.493 e. The zero-order valence-corrected chi connectivity index (χ0v) is 20.0. The van der Waals surface area contributed by atoms with Gasteiger partial charge in [0.1, 0.15) is 5.75 Å². The van der Waals surface area contributed by atoms with Crippen molar-refractivity contribution in [3.05, 3.63) is 65.2 Å². The van der Waals surface area contributed by atoms with Gasteiger partial charge in [0.25, 0.3) is 5.91 Å². The molecule has 1 N–H and O–H groups in total. The minimum atomic E-state index is -2.12. The predicted octanol–water partition coefficient (Wildman–Crippen LogP) is 5.91. The first kappa shape index (κ1) is 22.5. The van der Waals surface area contributed by atoms with Crippen LogP contribution in [-0.4, -0.2) is 34.5 Å². The Balaban J connectivity index is 1.74. The van der Waals surface area contributed by atoms with Crippen LogP contribution in [0.25, 0.3) is 0 Å². The van der Waals surface area contributed by atoms with Crippen molar-refractivity contribution in [1.29, 1.82) is 0 Å². The van der Waals surface area contributed by atoms with Gasteiger partial charge in [0.15, 0.2) is 0 Å². The number of hydrogen-bond acceptors (Lipinski definition) is 3. The Bertz CT molecular complexity index is 1100. The van der Waals surface area contributed by atoms with Gasteiger partial charge in [-0.1, -0.05) is 36.5 Å². The summed E-state index contributed by atoms with van der Waals surface area (Å²) in [5, 5.41) is 8.76. The van der Waals surface area contributed by atoms with E-state index in [0.29, 0.717) is 43.1 Å². The fourth-order valence-corrected chi connectivity index (χ4v) is 3.54. The molecule has 0 bridgehead atoms. The number of amides is 1. The summed E-state index contributed by atoms with van der Waals surface area (Å²) < 4.78 is 23.8. The quantitative estimate of drug-likeness (QED) is 0.332. The molecule has 0 radical (unpaired) electrons. The van der Waals surface area contributed by atoms with Gasteiger partial charge in [0.2, 0.25) is 0 Å². The number of para-hydroxylation sites is 1. The fourth-order valence-electron chi connectivity index (χ4n) is 3.54. The normalized spacial score (nSPS) is 14.3. The van der Waals surface area contributed by atoms with E-state index in [1.165, 1.54) is 11.3 Å². The van der Waals surface area contributed by atoms with Crippen LogP contribution < -0.4 is 4.74 Å². The lowest BCUT2D eigenvalue weighted by Crippen LogP contribution is -2.36. The van der Waals surface area contributed by atoms with Crippen molar-refractivity contribution >= 4 is 11.9 Å². The minimum absolute atomic E-state index is 0.124. The van der Waals surface area contributed by atoms with Gasteiger partial charge < -0.3 is 14.7 Å². The van der Waals surface area contributed by atoms with Crippen molar-refractivity contribution in [3.63, 3.8) is 0 Å². The summed E-state index contributed by atoms with van der Waals surface area (Å²) in [5.74, 6) is 6.06. The van der Waals surface area contributed by atoms with Crippen LogP contribution in [0.3, 0.4) is 0 Å². The zero-order valence-electron chi connectivity index (χ0n) is 22.0. The highest BCUT2D eigenvalue weighted by molar-refractivity contribution is 5.94. The standard InChI is InChI=1S/C29H35NO4/c1-22(2)30(29(33)25-18-16-24(17-19-25)15-14-23-9-8-10-23)21-26-11-5-6-12-27(26)34-20-7-3-4-13-28(31)32/h5-6,11-12,16-19,22-23H,3-4,7-10,13,20-21H2,1-2H3,(H,31,32)/i21D2. The molecule has 0 spiro atoms. The van der Waals surface area contributed by atoms with Crippen LogP contribution >= 0.6 is 0 Å². The molecule has 0 unspecified atom stereocenters. The molecule has 5 heteroatoms. The smallest absolute Gasteiger partial charge is 0.303 e. The lowest BCUT2D eigenvalue weighted by Gasteiger charge is -2.28. The maximum Gasteiger partial charge on any atom is 0.303 e. The molecule has 180 valence electrons. The molecular weight excluding hydrogens is 426 g/mol. The number of carboxylic acid groups (broad SMARTS) is 1. The SMILES string of the molecule is [2H]C([2H])(c1ccccc1OCCCCCC(=O)O)N(C(=O)c1ccc(C#CC2CCC2)cc1)C(C)C. The summed E-state index contributed by atoms with van der Waals surface area (Å²) in [4.78, 5) is 25.4. The molecule has 0 aromatic heterocycles. The van der Waals surface area contributed by atoms with E-state index in [1.807, 2.05) is 12.1 Å². The van der Waals surface area contributed by atoms with E-state index < -0.39 is 24.4 Å². The third-order valence-corrected chi connectivity index (χ3v) is 5.81. The first-order valence-corrected chi connectivity index (χ1v) is 12.1. The molecule has 1 amide bonds. The highest BCUT2D eigenvalue weighted by atomic mass is 16.5. The topological polar surface area (TPSA) is 66.8 Å². The average molecular weight is 464 g/mol. The molecule has 3 rings (SSSR count). The van der Waals surface area contributed by atoms with Gasteiger partial charge in [-0.15, -0.1) is 0 Å². The van der Waals surface area contributed by atoms with Gasteiger partial charge >= 0.3 is 5.97 Å². The molecular formula is C29H35NO4. The van der Waals surface area contributed by atoms with Crippen LogP contribution in [0, 0.1) is 17.8 Å². The number of carboxylic acids is 1. The highest BCUT2D eigenvalue weighted by Crippen LogP contribution is 2.25. The van der Waals surface area contributed by atoms with Crippen molar-refractivity contribution in [3.8, 4) is 17.6 Å². The van der Waals surface area contributed by atoms with Gasteiger partial charge in [-0.25, -0.2) is 0 Å². The summed E-state index contributed by atoms with van der Waals surface area (Å²) in [6.07, 6.45) is 5.60. The average Bonchev–Trinajstić information content (AvgIpc) is 2.80. The first-order chi connectivity index (χ1) is 17.2. The van der Waals surface area contributed by atoms with E-state index in [0.717, 1.165) is 18.4 Å². The number of aliphatic carboxylic acids is 1. The van der Waals surface area contributed by atoms with Crippen LogP contribution in [0.2, 0.25) is 0 Å². The van der Waals surface area contributed by atoms with Crippen molar-refractivity contribution in [2.45, 2.75) is 71.3 Å². The Labute approximate surface area is 205 Å². The van der Waals surface area contributed by atoms with Gasteiger partial charge in [-0.05, 0) is 76.3 Å². The number of carbonyl (C=O) groups is 2. The molecule has 1 aliphatic rings. The third kappa shape index (κ3) is 7.66. The number of rotatable bonds is 11. The Hall–Kier alpha value is -3.26. The maximum atomic E-state index is 13.5. The number of benzene rings is 2. The number of unbranched alkanes of at least 4 members (excludes halogenated alkanes) is 2. The number of ether oxygens (including phenoxy) is 1. The van der Waals surface area contributed by atoms with E-state index in [-0.39, 0.29) is 12.0 Å². The fraction of sp³-hybridized carbons (Fsp3) is 0.448. The molecule has 0 saturated heterocycles. The number of carbonyl (C=O) groups excluding carboxylic acids is 1. The van der Waals surface area contributed by atoms with Crippen LogP contribution in [-0.2, 0) is 11.3 Å². The zero-order chi connectivity index (χ0) is 26.1. The van der Waals surface area contributed by atoms with E-state index in [4.69, 9.17) is 12.6 Å². The Morgan fingerprint density at radius 2 is 1.85 bits per heavy atom. The summed E-state index contributed by atoms with van der Waals surface area (Å²) in [7, 11) is 0. The lowest BCUT2D eigenvalue weighted by molar-refractivity contribution is -0.137. The van der Waals surface area contributed by atoms with E-state index in [9.17, 15) is 9.59 Å². The lowest BCUT2D eigenvalue weighted by atomic mass is 9.86. The van der Waals surface area contributed by atoms with Gasteiger partial charge in [-0.2, -0.15) is 0 Å². The van der Waals surface area contributed by atoms with Crippen molar-refractivity contribution < 1.29 is 22.2 Å². The second kappa shape index (κ2) is 12.8. The molecule has 5 nitrogen and oxygen atoms in total. The van der Waals surface area contributed by atoms with Crippen molar-refractivity contribution in [2.24, 2.45) is 5.92 Å². The van der Waals surface area contributed by atoms with Crippen LogP contribution in [0.5, 0.6) is 5.75 Å².